The number of quaternary nitrogens is 1. The topological polar surface area (TPSA) is 56.9 Å². The summed E-state index contributed by atoms with van der Waals surface area (Å²) in [6, 6.07) is 3.98. The first kappa shape index (κ1) is 8.37. The fourth-order valence-electron chi connectivity index (χ4n) is 1.15. The number of aliphatic imine (C=N–C) groups is 1. The van der Waals surface area contributed by atoms with E-state index in [0.29, 0.717) is 16.3 Å². The molecule has 1 aromatic carbocycles. The molecule has 0 aromatic heterocycles. The summed E-state index contributed by atoms with van der Waals surface area (Å²) in [7, 11) is 0. The predicted molar refractivity (Wildman–Crippen MR) is 48.4 cm³/mol. The maximum Gasteiger partial charge on any atom is 0.446 e. The van der Waals surface area contributed by atoms with E-state index in [4.69, 9.17) is 11.6 Å². The molecule has 0 aliphatic carbocycles. The molecule has 0 saturated carbocycles. The van der Waals surface area contributed by atoms with Crippen LogP contribution < -0.4 is 5.06 Å². The summed E-state index contributed by atoms with van der Waals surface area (Å²) in [5.74, 6) is 0. The van der Waals surface area contributed by atoms with Crippen molar-refractivity contribution >= 4 is 29.5 Å². The molecule has 1 aliphatic rings. The normalized spacial score (nSPS) is 20.2. The second kappa shape index (κ2) is 2.92. The van der Waals surface area contributed by atoms with Gasteiger partial charge in [0.15, 0.2) is 0 Å². The number of nitrogens with zero attached hydrogens (tertiary/aromatic N) is 1. The van der Waals surface area contributed by atoms with E-state index in [1.807, 2.05) is 0 Å². The molecule has 1 N–H and O–H groups in total. The summed E-state index contributed by atoms with van der Waals surface area (Å²) < 4.78 is 0. The zero-order valence-electron chi connectivity index (χ0n) is 6.45. The molecule has 1 unspecified atom stereocenters. The van der Waals surface area contributed by atoms with Crippen LogP contribution in [0.5, 0.6) is 0 Å². The van der Waals surface area contributed by atoms with Gasteiger partial charge >= 0.3 is 6.03 Å². The van der Waals surface area contributed by atoms with Crippen LogP contribution in [0.15, 0.2) is 23.2 Å². The van der Waals surface area contributed by atoms with E-state index in [0.717, 1.165) is 0 Å². The highest BCUT2D eigenvalue weighted by Gasteiger charge is 2.20. The van der Waals surface area contributed by atoms with Gasteiger partial charge in [0.25, 0.3) is 0 Å². The Morgan fingerprint density at radius 1 is 1.46 bits per heavy atom. The van der Waals surface area contributed by atoms with Crippen LogP contribution in [-0.2, 0) is 0 Å². The van der Waals surface area contributed by atoms with E-state index < -0.39 is 11.1 Å². The molecule has 0 bridgehead atoms. The number of benzene rings is 1. The zero-order valence-corrected chi connectivity index (χ0v) is 7.21. The highest BCUT2D eigenvalue weighted by atomic mass is 35.5. The van der Waals surface area contributed by atoms with E-state index in [1.165, 1.54) is 12.3 Å². The van der Waals surface area contributed by atoms with Crippen molar-refractivity contribution in [3.63, 3.8) is 0 Å². The smallest absolute Gasteiger partial charge is 0.446 e. The number of nitrogens with one attached hydrogen (secondary N) is 1. The first-order valence-electron chi connectivity index (χ1n) is 3.61. The Kier molecular flexibility index (Phi) is 1.88. The van der Waals surface area contributed by atoms with E-state index in [9.17, 15) is 10.0 Å². The number of fused-ring (bicyclic) bond motifs is 1. The van der Waals surface area contributed by atoms with Gasteiger partial charge in [0, 0.05) is 17.3 Å². The van der Waals surface area contributed by atoms with E-state index in [-0.39, 0.29) is 0 Å². The lowest BCUT2D eigenvalue weighted by atomic mass is 10.2. The molecule has 1 aliphatic heterocycles. The van der Waals surface area contributed by atoms with Gasteiger partial charge in [-0.2, -0.15) is 4.99 Å². The third-order valence-corrected chi connectivity index (χ3v) is 2.01. The summed E-state index contributed by atoms with van der Waals surface area (Å²) in [4.78, 5) is 14.3. The number of urea groups is 1. The minimum atomic E-state index is -0.727. The number of hydrogen-bond donors (Lipinski definition) is 1. The van der Waals surface area contributed by atoms with Crippen LogP contribution in [0.1, 0.15) is 5.56 Å². The molecule has 66 valence electrons. The van der Waals surface area contributed by atoms with Gasteiger partial charge in [-0.3, -0.25) is 5.06 Å². The van der Waals surface area contributed by atoms with Crippen molar-refractivity contribution in [2.45, 2.75) is 0 Å². The molecule has 2 amide bonds. The van der Waals surface area contributed by atoms with Crippen LogP contribution in [0.3, 0.4) is 0 Å². The predicted octanol–water partition coefficient (Wildman–Crippen LogP) is 0.907. The largest absolute Gasteiger partial charge is 0.620 e. The van der Waals surface area contributed by atoms with Crippen LogP contribution in [-0.4, -0.2) is 12.2 Å². The third kappa shape index (κ3) is 1.35. The molecular weight excluding hydrogens is 192 g/mol. The fourth-order valence-corrected chi connectivity index (χ4v) is 1.33. The number of rotatable bonds is 0. The van der Waals surface area contributed by atoms with E-state index in [2.05, 4.69) is 4.99 Å². The highest BCUT2D eigenvalue weighted by molar-refractivity contribution is 6.31. The summed E-state index contributed by atoms with van der Waals surface area (Å²) in [6.45, 7) is 0. The lowest BCUT2D eigenvalue weighted by molar-refractivity contribution is -0.679. The second-order valence-electron chi connectivity index (χ2n) is 2.62. The Balaban J connectivity index is 2.59. The molecular formula is C8H5ClN2O2. The highest BCUT2D eigenvalue weighted by Crippen LogP contribution is 2.17. The number of carbonyl (C=O) groups is 1. The number of hydroxylamine groups is 1. The Labute approximate surface area is 79.0 Å². The van der Waals surface area contributed by atoms with Crippen molar-refractivity contribution in [2.75, 3.05) is 0 Å². The van der Waals surface area contributed by atoms with Crippen molar-refractivity contribution in [1.82, 2.24) is 0 Å². The molecule has 0 radical (unpaired) electrons. The molecule has 4 nitrogen and oxygen atoms in total. The van der Waals surface area contributed by atoms with Crippen molar-refractivity contribution in [1.29, 1.82) is 0 Å². The maximum absolute atomic E-state index is 11.2. The van der Waals surface area contributed by atoms with E-state index in [1.54, 1.807) is 12.1 Å². The molecule has 0 saturated heterocycles. The Hall–Kier alpha value is -1.23. The Morgan fingerprint density at radius 3 is 3.00 bits per heavy atom. The molecule has 13 heavy (non-hydrogen) atoms. The molecule has 0 spiro atoms. The second-order valence-corrected chi connectivity index (χ2v) is 3.06. The van der Waals surface area contributed by atoms with Gasteiger partial charge in [-0.1, -0.05) is 11.6 Å². The first-order chi connectivity index (χ1) is 6.18. The number of halogens is 1. The lowest BCUT2D eigenvalue weighted by Gasteiger charge is -2.20. The Bertz CT molecular complexity index is 403. The lowest BCUT2D eigenvalue weighted by Crippen LogP contribution is -3.05. The van der Waals surface area contributed by atoms with Gasteiger partial charge < -0.3 is 5.21 Å². The fraction of sp³-hybridized carbons (Fsp3) is 0. The third-order valence-electron chi connectivity index (χ3n) is 1.77. The molecule has 1 atom stereocenters. The molecule has 1 aromatic rings. The molecule has 1 heterocycles. The SMILES string of the molecule is O=C1N=Cc2cc(Cl)ccc2[NH+]1[O-]. The van der Waals surface area contributed by atoms with Crippen molar-refractivity contribution in [3.8, 4) is 0 Å². The van der Waals surface area contributed by atoms with Gasteiger partial charge in [-0.25, -0.2) is 4.79 Å². The van der Waals surface area contributed by atoms with Crippen molar-refractivity contribution in [3.05, 3.63) is 34.0 Å². The van der Waals surface area contributed by atoms with Gasteiger partial charge in [-0.15, -0.1) is 0 Å². The average molecular weight is 197 g/mol. The minimum Gasteiger partial charge on any atom is -0.620 e. The number of carbonyl (C=O) groups excluding carboxylic acids is 1. The number of amides is 2. The first-order valence-corrected chi connectivity index (χ1v) is 3.98. The van der Waals surface area contributed by atoms with Crippen LogP contribution in [0.25, 0.3) is 0 Å². The number of hydrogen-bond acceptors (Lipinski definition) is 2. The van der Waals surface area contributed by atoms with E-state index >= 15 is 0 Å². The van der Waals surface area contributed by atoms with Crippen molar-refractivity contribution < 1.29 is 9.86 Å². The zero-order chi connectivity index (χ0) is 9.42. The van der Waals surface area contributed by atoms with Gasteiger partial charge in [-0.05, 0) is 12.1 Å². The van der Waals surface area contributed by atoms with Crippen molar-refractivity contribution in [2.24, 2.45) is 4.99 Å². The van der Waals surface area contributed by atoms with Crippen LogP contribution in [0.4, 0.5) is 10.5 Å². The maximum atomic E-state index is 11.2. The standard InChI is InChI=1S/C8H5ClN2O2/c9-6-1-2-7-5(3-6)4-10-8(12)11(7)13/h1-4,11H. The van der Waals surface area contributed by atoms with Gasteiger partial charge in [0.2, 0.25) is 0 Å². The van der Waals surface area contributed by atoms with Crippen LogP contribution >= 0.6 is 11.6 Å². The summed E-state index contributed by atoms with van der Waals surface area (Å²) >= 11 is 5.70. The summed E-state index contributed by atoms with van der Waals surface area (Å²) in [5.41, 5.74) is 0.960. The minimum absolute atomic E-state index is 0.365. The quantitative estimate of drug-likeness (QED) is 0.627. The Morgan fingerprint density at radius 2 is 2.23 bits per heavy atom. The monoisotopic (exact) mass is 196 g/mol. The van der Waals surface area contributed by atoms with Gasteiger partial charge in [0.1, 0.15) is 5.69 Å². The average Bonchev–Trinajstić information content (AvgIpc) is 2.12. The molecule has 5 heteroatoms. The van der Waals surface area contributed by atoms with Gasteiger partial charge in [0.05, 0.1) is 5.56 Å². The summed E-state index contributed by atoms with van der Waals surface area (Å²) in [5, 5.41) is 11.2. The van der Waals surface area contributed by atoms with Crippen LogP contribution in [0, 0.1) is 5.21 Å². The summed E-state index contributed by atoms with van der Waals surface area (Å²) in [6.07, 6.45) is 1.35. The molecule has 2 rings (SSSR count). The molecule has 0 fully saturated rings. The van der Waals surface area contributed by atoms with Crippen LogP contribution in [0.2, 0.25) is 5.02 Å².